The number of hydrogen-bond donors (Lipinski definition) is 1. The average Bonchev–Trinajstić information content (AvgIpc) is 2.48. The van der Waals surface area contributed by atoms with Crippen LogP contribution in [0.5, 0.6) is 0 Å². The summed E-state index contributed by atoms with van der Waals surface area (Å²) in [5, 5.41) is 2.66. The Hall–Kier alpha value is 0.490. The third-order valence-electron chi connectivity index (χ3n) is 2.27. The smallest absolute Gasteiger partial charge is 0.112 e. The highest BCUT2D eigenvalue weighted by Crippen LogP contribution is 2.33. The van der Waals surface area contributed by atoms with E-state index < -0.39 is 0 Å². The van der Waals surface area contributed by atoms with Crippen molar-refractivity contribution in [2.24, 2.45) is 5.73 Å². The molecule has 0 saturated carbocycles. The van der Waals surface area contributed by atoms with Gasteiger partial charge in [-0.3, -0.25) is 4.90 Å². The first-order valence-corrected chi connectivity index (χ1v) is 6.01. The zero-order valence-corrected chi connectivity index (χ0v) is 11.8. The molecular formula is C9H15Cl3N2S. The van der Waals surface area contributed by atoms with Gasteiger partial charge < -0.3 is 5.73 Å². The summed E-state index contributed by atoms with van der Waals surface area (Å²) in [5.74, 6) is 0. The molecule has 1 heterocycles. The van der Waals surface area contributed by atoms with E-state index in [0.29, 0.717) is 21.9 Å². The monoisotopic (exact) mass is 288 g/mol. The van der Waals surface area contributed by atoms with Gasteiger partial charge in [-0.25, -0.2) is 0 Å². The molecule has 0 spiro atoms. The van der Waals surface area contributed by atoms with E-state index in [0.717, 1.165) is 12.1 Å². The van der Waals surface area contributed by atoms with Crippen LogP contribution in [0.3, 0.4) is 0 Å². The summed E-state index contributed by atoms with van der Waals surface area (Å²) in [7, 11) is 2.03. The lowest BCUT2D eigenvalue weighted by molar-refractivity contribution is 0.255. The Morgan fingerprint density at radius 2 is 2.13 bits per heavy atom. The maximum absolute atomic E-state index is 6.02. The van der Waals surface area contributed by atoms with Crippen LogP contribution in [-0.2, 0) is 6.54 Å². The number of thiophene rings is 1. The molecule has 0 saturated heterocycles. The predicted molar refractivity (Wildman–Crippen MR) is 71.6 cm³/mol. The average molecular weight is 290 g/mol. The number of rotatable bonds is 4. The zero-order chi connectivity index (χ0) is 10.7. The van der Waals surface area contributed by atoms with Gasteiger partial charge in [0.05, 0.1) is 5.02 Å². The van der Waals surface area contributed by atoms with Crippen LogP contribution >= 0.6 is 46.9 Å². The van der Waals surface area contributed by atoms with Gasteiger partial charge in [-0.2, -0.15) is 0 Å². The van der Waals surface area contributed by atoms with E-state index in [1.165, 1.54) is 11.3 Å². The first-order chi connectivity index (χ1) is 6.56. The van der Waals surface area contributed by atoms with Gasteiger partial charge in [0.15, 0.2) is 0 Å². The van der Waals surface area contributed by atoms with Crippen LogP contribution in [-0.4, -0.2) is 24.5 Å². The molecule has 0 aliphatic heterocycles. The van der Waals surface area contributed by atoms with Crippen molar-refractivity contribution in [3.8, 4) is 0 Å². The molecule has 0 aliphatic carbocycles. The largest absolute Gasteiger partial charge is 0.329 e. The molecule has 1 aromatic rings. The van der Waals surface area contributed by atoms with Gasteiger partial charge in [0.1, 0.15) is 4.34 Å². The molecule has 88 valence electrons. The highest BCUT2D eigenvalue weighted by molar-refractivity contribution is 7.15. The number of nitrogens with zero attached hydrogens (tertiary/aromatic N) is 1. The normalized spacial score (nSPS) is 12.7. The van der Waals surface area contributed by atoms with E-state index in [4.69, 9.17) is 28.9 Å². The minimum Gasteiger partial charge on any atom is -0.329 e. The van der Waals surface area contributed by atoms with Crippen molar-refractivity contribution in [1.82, 2.24) is 4.90 Å². The van der Waals surface area contributed by atoms with Crippen LogP contribution in [0.4, 0.5) is 0 Å². The lowest BCUT2D eigenvalue weighted by atomic mass is 10.2. The van der Waals surface area contributed by atoms with Crippen LogP contribution in [0.1, 0.15) is 12.5 Å². The van der Waals surface area contributed by atoms with Gasteiger partial charge in [0.25, 0.3) is 0 Å². The van der Waals surface area contributed by atoms with Gasteiger partial charge in [-0.05, 0) is 24.9 Å². The Morgan fingerprint density at radius 3 is 2.53 bits per heavy atom. The van der Waals surface area contributed by atoms with Gasteiger partial charge in [-0.1, -0.05) is 23.2 Å². The van der Waals surface area contributed by atoms with Crippen molar-refractivity contribution in [3.05, 3.63) is 20.3 Å². The minimum absolute atomic E-state index is 0. The molecule has 0 aliphatic rings. The molecule has 0 aromatic carbocycles. The Morgan fingerprint density at radius 1 is 1.53 bits per heavy atom. The summed E-state index contributed by atoms with van der Waals surface area (Å²) >= 11 is 13.4. The van der Waals surface area contributed by atoms with Crippen LogP contribution in [0.15, 0.2) is 5.38 Å². The predicted octanol–water partition coefficient (Wildman–Crippen LogP) is 3.26. The molecule has 1 atom stereocenters. The first-order valence-electron chi connectivity index (χ1n) is 4.38. The molecule has 1 rings (SSSR count). The highest BCUT2D eigenvalue weighted by atomic mass is 35.5. The number of likely N-dealkylation sites (N-methyl/N-ethyl adjacent to an activating group) is 1. The van der Waals surface area contributed by atoms with Gasteiger partial charge >= 0.3 is 0 Å². The molecule has 6 heteroatoms. The van der Waals surface area contributed by atoms with Crippen LogP contribution < -0.4 is 5.73 Å². The summed E-state index contributed by atoms with van der Waals surface area (Å²) in [4.78, 5) is 2.16. The van der Waals surface area contributed by atoms with Crippen molar-refractivity contribution in [1.29, 1.82) is 0 Å². The molecule has 0 radical (unpaired) electrons. The number of nitrogens with two attached hydrogens (primary N) is 1. The Labute approximate surface area is 111 Å². The third-order valence-corrected chi connectivity index (χ3v) is 4.18. The molecule has 2 N–H and O–H groups in total. The second-order valence-corrected chi connectivity index (χ2v) is 5.21. The lowest BCUT2D eigenvalue weighted by Gasteiger charge is -2.22. The Bertz CT molecular complexity index is 304. The van der Waals surface area contributed by atoms with Crippen molar-refractivity contribution in [2.75, 3.05) is 13.6 Å². The van der Waals surface area contributed by atoms with Crippen molar-refractivity contribution in [3.63, 3.8) is 0 Å². The van der Waals surface area contributed by atoms with E-state index in [1.54, 1.807) is 0 Å². The van der Waals surface area contributed by atoms with E-state index in [1.807, 2.05) is 12.4 Å². The number of halogens is 3. The highest BCUT2D eigenvalue weighted by Gasteiger charge is 2.12. The summed E-state index contributed by atoms with van der Waals surface area (Å²) < 4.78 is 0.662. The fraction of sp³-hybridized carbons (Fsp3) is 0.556. The fourth-order valence-electron chi connectivity index (χ4n) is 1.06. The molecule has 15 heavy (non-hydrogen) atoms. The summed E-state index contributed by atoms with van der Waals surface area (Å²) in [6.07, 6.45) is 0. The quantitative estimate of drug-likeness (QED) is 0.922. The SMILES string of the molecule is CC(CN)N(C)Cc1csc(Cl)c1Cl.Cl. The maximum Gasteiger partial charge on any atom is 0.112 e. The molecule has 1 unspecified atom stereocenters. The summed E-state index contributed by atoms with van der Waals surface area (Å²) in [6, 6.07) is 0.352. The zero-order valence-electron chi connectivity index (χ0n) is 8.67. The Balaban J connectivity index is 0.00000196. The van der Waals surface area contributed by atoms with E-state index in [-0.39, 0.29) is 12.4 Å². The summed E-state index contributed by atoms with van der Waals surface area (Å²) in [6.45, 7) is 3.52. The second-order valence-electron chi connectivity index (χ2n) is 3.35. The van der Waals surface area contributed by atoms with Crippen molar-refractivity contribution < 1.29 is 0 Å². The van der Waals surface area contributed by atoms with Crippen LogP contribution in [0.25, 0.3) is 0 Å². The standard InChI is InChI=1S/C9H14Cl2N2S.ClH/c1-6(3-12)13(2)4-7-5-14-9(11)8(7)10;/h5-6H,3-4,12H2,1-2H3;1H. The molecule has 0 bridgehead atoms. The van der Waals surface area contributed by atoms with E-state index in [9.17, 15) is 0 Å². The molecule has 2 nitrogen and oxygen atoms in total. The van der Waals surface area contributed by atoms with E-state index in [2.05, 4.69) is 11.8 Å². The number of hydrogen-bond acceptors (Lipinski definition) is 3. The van der Waals surface area contributed by atoms with Gasteiger partial charge in [-0.15, -0.1) is 23.7 Å². The molecule has 0 fully saturated rings. The fourth-order valence-corrected chi connectivity index (χ4v) is 2.30. The molecule has 0 amide bonds. The first kappa shape index (κ1) is 15.5. The van der Waals surface area contributed by atoms with Crippen LogP contribution in [0, 0.1) is 0 Å². The molecule has 1 aromatic heterocycles. The van der Waals surface area contributed by atoms with Crippen molar-refractivity contribution >= 4 is 46.9 Å². The van der Waals surface area contributed by atoms with Gasteiger partial charge in [0.2, 0.25) is 0 Å². The lowest BCUT2D eigenvalue weighted by Crippen LogP contribution is -2.34. The Kier molecular flexibility index (Phi) is 7.17. The maximum atomic E-state index is 6.02. The van der Waals surface area contributed by atoms with Crippen LogP contribution in [0.2, 0.25) is 9.36 Å². The topological polar surface area (TPSA) is 29.3 Å². The third kappa shape index (κ3) is 4.10. The second kappa shape index (κ2) is 6.94. The van der Waals surface area contributed by atoms with E-state index >= 15 is 0 Å². The minimum atomic E-state index is 0. The van der Waals surface area contributed by atoms with Gasteiger partial charge in [0, 0.05) is 19.1 Å². The van der Waals surface area contributed by atoms with Crippen molar-refractivity contribution in [2.45, 2.75) is 19.5 Å². The molecular weight excluding hydrogens is 275 g/mol. The summed E-state index contributed by atoms with van der Waals surface area (Å²) in [5.41, 5.74) is 6.65.